The van der Waals surface area contributed by atoms with Gasteiger partial charge in [-0.15, -0.1) is 0 Å². The Morgan fingerprint density at radius 3 is 2.50 bits per heavy atom. The molecular formula is C15H27N5. The summed E-state index contributed by atoms with van der Waals surface area (Å²) in [6, 6.07) is 0. The lowest BCUT2D eigenvalue weighted by Crippen LogP contribution is -2.58. The fourth-order valence-electron chi connectivity index (χ4n) is 2.68. The van der Waals surface area contributed by atoms with Crippen LogP contribution in [-0.4, -0.2) is 54.1 Å². The molecule has 0 spiro atoms. The highest BCUT2D eigenvalue weighted by molar-refractivity contribution is 5.59. The Morgan fingerprint density at radius 1 is 1.25 bits per heavy atom. The van der Waals surface area contributed by atoms with Crippen molar-refractivity contribution in [2.45, 2.75) is 39.7 Å². The molecule has 0 atom stereocenters. The molecule has 20 heavy (non-hydrogen) atoms. The molecule has 1 aromatic rings. The molecule has 1 aliphatic rings. The molecule has 1 fully saturated rings. The van der Waals surface area contributed by atoms with Gasteiger partial charge in [-0.25, -0.2) is 9.97 Å². The van der Waals surface area contributed by atoms with E-state index in [0.29, 0.717) is 0 Å². The lowest BCUT2D eigenvalue weighted by Gasteiger charge is -2.46. The van der Waals surface area contributed by atoms with Crippen LogP contribution >= 0.6 is 0 Å². The summed E-state index contributed by atoms with van der Waals surface area (Å²) < 4.78 is 0. The van der Waals surface area contributed by atoms with E-state index in [1.54, 1.807) is 0 Å². The third-order valence-electron chi connectivity index (χ3n) is 4.34. The van der Waals surface area contributed by atoms with Crippen LogP contribution < -0.4 is 10.2 Å². The first-order chi connectivity index (χ1) is 9.39. The van der Waals surface area contributed by atoms with Gasteiger partial charge in [0, 0.05) is 44.2 Å². The van der Waals surface area contributed by atoms with Gasteiger partial charge >= 0.3 is 0 Å². The third-order valence-corrected chi connectivity index (χ3v) is 4.34. The van der Waals surface area contributed by atoms with Crippen LogP contribution in [0, 0.1) is 6.92 Å². The quantitative estimate of drug-likeness (QED) is 0.914. The van der Waals surface area contributed by atoms with Crippen molar-refractivity contribution in [1.82, 2.24) is 14.9 Å². The summed E-state index contributed by atoms with van der Waals surface area (Å²) in [5.41, 5.74) is 1.31. The predicted molar refractivity (Wildman–Crippen MR) is 84.6 cm³/mol. The summed E-state index contributed by atoms with van der Waals surface area (Å²) >= 11 is 0. The summed E-state index contributed by atoms with van der Waals surface area (Å²) in [6.07, 6.45) is 0.860. The van der Waals surface area contributed by atoms with E-state index in [-0.39, 0.29) is 5.54 Å². The standard InChI is InChI=1S/C15H27N5/c1-7-12-17-13(16-5)11(2)14(18-12)20-9-8-19(6)15(3,4)10-20/h7-10H2,1-6H3,(H,16,17,18). The Labute approximate surface area is 122 Å². The van der Waals surface area contributed by atoms with Gasteiger partial charge in [-0.2, -0.15) is 0 Å². The number of aryl methyl sites for hydroxylation is 1. The number of nitrogens with one attached hydrogen (secondary N) is 1. The van der Waals surface area contributed by atoms with E-state index >= 15 is 0 Å². The van der Waals surface area contributed by atoms with Crippen molar-refractivity contribution >= 4 is 11.6 Å². The van der Waals surface area contributed by atoms with E-state index in [0.717, 1.165) is 49.1 Å². The number of nitrogens with zero attached hydrogens (tertiary/aromatic N) is 4. The fraction of sp³-hybridized carbons (Fsp3) is 0.733. The minimum atomic E-state index is 0.168. The second kappa shape index (κ2) is 5.56. The molecule has 0 saturated carbocycles. The molecule has 0 bridgehead atoms. The highest BCUT2D eigenvalue weighted by Crippen LogP contribution is 2.28. The van der Waals surface area contributed by atoms with Crippen molar-refractivity contribution in [3.8, 4) is 0 Å². The molecular weight excluding hydrogens is 250 g/mol. The molecule has 5 heteroatoms. The Hall–Kier alpha value is -1.36. The first-order valence-electron chi connectivity index (χ1n) is 7.40. The van der Waals surface area contributed by atoms with Crippen LogP contribution in [0.3, 0.4) is 0 Å². The summed E-state index contributed by atoms with van der Waals surface area (Å²) in [7, 11) is 4.12. The Kier molecular flexibility index (Phi) is 4.18. The second-order valence-corrected chi connectivity index (χ2v) is 6.20. The van der Waals surface area contributed by atoms with Gasteiger partial charge in [-0.1, -0.05) is 6.92 Å². The van der Waals surface area contributed by atoms with E-state index in [1.807, 2.05) is 7.05 Å². The first-order valence-corrected chi connectivity index (χ1v) is 7.40. The molecule has 0 radical (unpaired) electrons. The maximum Gasteiger partial charge on any atom is 0.137 e. The maximum absolute atomic E-state index is 4.77. The number of piperazine rings is 1. The smallest absolute Gasteiger partial charge is 0.137 e. The van der Waals surface area contributed by atoms with E-state index in [1.165, 1.54) is 0 Å². The van der Waals surface area contributed by atoms with Crippen LogP contribution in [0.5, 0.6) is 0 Å². The lowest BCUT2D eigenvalue weighted by atomic mass is 9.99. The molecule has 1 aliphatic heterocycles. The number of hydrogen-bond acceptors (Lipinski definition) is 5. The van der Waals surface area contributed by atoms with Crippen LogP contribution in [-0.2, 0) is 6.42 Å². The molecule has 0 aromatic carbocycles. The summed E-state index contributed by atoms with van der Waals surface area (Å²) in [4.78, 5) is 14.1. The zero-order valence-corrected chi connectivity index (χ0v) is 13.6. The molecule has 1 saturated heterocycles. The van der Waals surface area contributed by atoms with Gasteiger partial charge in [0.05, 0.1) is 0 Å². The lowest BCUT2D eigenvalue weighted by molar-refractivity contribution is 0.138. The van der Waals surface area contributed by atoms with Gasteiger partial charge in [0.25, 0.3) is 0 Å². The van der Waals surface area contributed by atoms with E-state index in [4.69, 9.17) is 4.98 Å². The average molecular weight is 277 g/mol. The highest BCUT2D eigenvalue weighted by Gasteiger charge is 2.32. The van der Waals surface area contributed by atoms with Crippen molar-refractivity contribution < 1.29 is 0 Å². The molecule has 0 amide bonds. The normalized spacial score (nSPS) is 19.2. The van der Waals surface area contributed by atoms with Gasteiger partial charge in [0.15, 0.2) is 0 Å². The number of hydrogen-bond donors (Lipinski definition) is 1. The van der Waals surface area contributed by atoms with Gasteiger partial charge in [0.1, 0.15) is 17.5 Å². The van der Waals surface area contributed by atoms with Gasteiger partial charge in [-0.3, -0.25) is 4.90 Å². The van der Waals surface area contributed by atoms with Crippen molar-refractivity contribution in [3.05, 3.63) is 11.4 Å². The Balaban J connectivity index is 2.37. The van der Waals surface area contributed by atoms with Crippen LogP contribution in [0.1, 0.15) is 32.2 Å². The summed E-state index contributed by atoms with van der Waals surface area (Å²) in [5, 5.41) is 3.19. The van der Waals surface area contributed by atoms with E-state index in [9.17, 15) is 0 Å². The van der Waals surface area contributed by atoms with Crippen molar-refractivity contribution in [1.29, 1.82) is 0 Å². The number of aromatic nitrogens is 2. The van der Waals surface area contributed by atoms with Gasteiger partial charge < -0.3 is 10.2 Å². The topological polar surface area (TPSA) is 44.3 Å². The van der Waals surface area contributed by atoms with Crippen molar-refractivity contribution in [2.24, 2.45) is 0 Å². The molecule has 2 rings (SSSR count). The number of likely N-dealkylation sites (N-methyl/N-ethyl adjacent to an activating group) is 1. The molecule has 0 aliphatic carbocycles. The number of anilines is 2. The fourth-order valence-corrected chi connectivity index (χ4v) is 2.68. The minimum Gasteiger partial charge on any atom is -0.373 e. The monoisotopic (exact) mass is 277 g/mol. The Bertz CT molecular complexity index is 483. The van der Waals surface area contributed by atoms with Crippen molar-refractivity contribution in [2.75, 3.05) is 43.9 Å². The van der Waals surface area contributed by atoms with Gasteiger partial charge in [-0.05, 0) is 27.8 Å². The largest absolute Gasteiger partial charge is 0.373 e. The second-order valence-electron chi connectivity index (χ2n) is 6.20. The molecule has 1 N–H and O–H groups in total. The van der Waals surface area contributed by atoms with Gasteiger partial charge in [0.2, 0.25) is 0 Å². The van der Waals surface area contributed by atoms with E-state index in [2.05, 4.69) is 54.8 Å². The van der Waals surface area contributed by atoms with Crippen LogP contribution in [0.2, 0.25) is 0 Å². The van der Waals surface area contributed by atoms with Crippen LogP contribution in [0.25, 0.3) is 0 Å². The molecule has 1 aromatic heterocycles. The third kappa shape index (κ3) is 2.73. The zero-order chi connectivity index (χ0) is 14.9. The predicted octanol–water partition coefficient (Wildman–Crippen LogP) is 1.92. The van der Waals surface area contributed by atoms with Crippen LogP contribution in [0.4, 0.5) is 11.6 Å². The number of rotatable bonds is 3. The van der Waals surface area contributed by atoms with Crippen LogP contribution in [0.15, 0.2) is 0 Å². The van der Waals surface area contributed by atoms with Crippen molar-refractivity contribution in [3.63, 3.8) is 0 Å². The minimum absolute atomic E-state index is 0.168. The maximum atomic E-state index is 4.77. The SMILES string of the molecule is CCc1nc(NC)c(C)c(N2CCN(C)C(C)(C)C2)n1. The summed E-state index contributed by atoms with van der Waals surface area (Å²) in [5.74, 6) is 2.94. The zero-order valence-electron chi connectivity index (χ0n) is 13.6. The molecule has 0 unspecified atom stereocenters. The average Bonchev–Trinajstić information content (AvgIpc) is 2.42. The molecule has 112 valence electrons. The van der Waals surface area contributed by atoms with E-state index < -0.39 is 0 Å². The Morgan fingerprint density at radius 2 is 1.95 bits per heavy atom. The first kappa shape index (κ1) is 15.0. The molecule has 2 heterocycles. The summed E-state index contributed by atoms with van der Waals surface area (Å²) in [6.45, 7) is 11.9. The highest BCUT2D eigenvalue weighted by atomic mass is 15.3. The molecule has 5 nitrogen and oxygen atoms in total.